The van der Waals surface area contributed by atoms with Gasteiger partial charge in [-0.15, -0.1) is 0 Å². The molecule has 1 aromatic rings. The Labute approximate surface area is 105 Å². The summed E-state index contributed by atoms with van der Waals surface area (Å²) in [6.45, 7) is 9.44. The number of rotatable bonds is 5. The van der Waals surface area contributed by atoms with E-state index >= 15 is 0 Å². The molecule has 0 fully saturated rings. The molecule has 1 atom stereocenters. The highest BCUT2D eigenvalue weighted by Gasteiger charge is 2.13. The van der Waals surface area contributed by atoms with Gasteiger partial charge in [0.25, 0.3) is 0 Å². The molecule has 1 aromatic carbocycles. The fourth-order valence-electron chi connectivity index (χ4n) is 1.61. The third kappa shape index (κ3) is 4.78. The van der Waals surface area contributed by atoms with Crippen molar-refractivity contribution in [2.75, 3.05) is 13.7 Å². The lowest BCUT2D eigenvalue weighted by Crippen LogP contribution is -2.15. The molecule has 0 heterocycles. The van der Waals surface area contributed by atoms with Gasteiger partial charge in [0.15, 0.2) is 0 Å². The van der Waals surface area contributed by atoms with Crippen molar-refractivity contribution < 1.29 is 9.47 Å². The van der Waals surface area contributed by atoms with Crippen molar-refractivity contribution in [2.45, 2.75) is 45.6 Å². The van der Waals surface area contributed by atoms with Crippen LogP contribution in [-0.4, -0.2) is 19.8 Å². The molecule has 0 bridgehead atoms. The average Bonchev–Trinajstić information content (AvgIpc) is 2.26. The molecule has 0 saturated carbocycles. The zero-order chi connectivity index (χ0) is 12.9. The SMILES string of the molecule is COCCC(C)Oc1ccc(C(C)(C)C)cc1. The van der Waals surface area contributed by atoms with Crippen molar-refractivity contribution >= 4 is 0 Å². The Morgan fingerprint density at radius 3 is 2.18 bits per heavy atom. The van der Waals surface area contributed by atoms with E-state index in [2.05, 4.69) is 39.8 Å². The monoisotopic (exact) mass is 236 g/mol. The van der Waals surface area contributed by atoms with Crippen molar-refractivity contribution in [3.8, 4) is 5.75 Å². The van der Waals surface area contributed by atoms with Gasteiger partial charge in [0.05, 0.1) is 6.10 Å². The summed E-state index contributed by atoms with van der Waals surface area (Å²) in [6.07, 6.45) is 1.10. The van der Waals surface area contributed by atoms with E-state index in [1.807, 2.05) is 12.1 Å². The third-order valence-electron chi connectivity index (χ3n) is 2.79. The fourth-order valence-corrected chi connectivity index (χ4v) is 1.61. The van der Waals surface area contributed by atoms with E-state index in [4.69, 9.17) is 9.47 Å². The Morgan fingerprint density at radius 1 is 1.12 bits per heavy atom. The highest BCUT2D eigenvalue weighted by molar-refractivity contribution is 5.31. The first-order valence-corrected chi connectivity index (χ1v) is 6.19. The second-order valence-corrected chi connectivity index (χ2v) is 5.48. The highest BCUT2D eigenvalue weighted by atomic mass is 16.5. The van der Waals surface area contributed by atoms with Crippen molar-refractivity contribution in [1.29, 1.82) is 0 Å². The van der Waals surface area contributed by atoms with Gasteiger partial charge in [-0.3, -0.25) is 0 Å². The molecule has 1 rings (SSSR count). The summed E-state index contributed by atoms with van der Waals surface area (Å²) in [5, 5.41) is 0. The molecule has 1 unspecified atom stereocenters. The van der Waals surface area contributed by atoms with Crippen molar-refractivity contribution in [1.82, 2.24) is 0 Å². The van der Waals surface area contributed by atoms with Crippen LogP contribution >= 0.6 is 0 Å². The summed E-state index contributed by atoms with van der Waals surface area (Å²) in [5.41, 5.74) is 1.52. The van der Waals surface area contributed by atoms with Gasteiger partial charge in [-0.2, -0.15) is 0 Å². The number of methoxy groups -OCH3 is 1. The second-order valence-electron chi connectivity index (χ2n) is 5.48. The maximum Gasteiger partial charge on any atom is 0.119 e. The molecule has 0 aromatic heterocycles. The van der Waals surface area contributed by atoms with Crippen LogP contribution in [0.2, 0.25) is 0 Å². The summed E-state index contributed by atoms with van der Waals surface area (Å²) in [6, 6.07) is 8.37. The first-order valence-electron chi connectivity index (χ1n) is 6.19. The van der Waals surface area contributed by atoms with Crippen LogP contribution in [0.15, 0.2) is 24.3 Å². The highest BCUT2D eigenvalue weighted by Crippen LogP contribution is 2.24. The third-order valence-corrected chi connectivity index (χ3v) is 2.79. The molecule has 96 valence electrons. The van der Waals surface area contributed by atoms with E-state index in [9.17, 15) is 0 Å². The van der Waals surface area contributed by atoms with Crippen molar-refractivity contribution in [3.63, 3.8) is 0 Å². The summed E-state index contributed by atoms with van der Waals surface area (Å²) in [7, 11) is 1.71. The van der Waals surface area contributed by atoms with E-state index in [1.165, 1.54) is 5.56 Å². The molecule has 2 nitrogen and oxygen atoms in total. The molecule has 0 radical (unpaired) electrons. The Balaban J connectivity index is 2.56. The van der Waals surface area contributed by atoms with Crippen LogP contribution in [-0.2, 0) is 10.2 Å². The fraction of sp³-hybridized carbons (Fsp3) is 0.600. The normalized spacial score (nSPS) is 13.5. The van der Waals surface area contributed by atoms with E-state index in [1.54, 1.807) is 7.11 Å². The Hall–Kier alpha value is -1.02. The number of hydrogen-bond donors (Lipinski definition) is 0. The summed E-state index contributed by atoms with van der Waals surface area (Å²) in [4.78, 5) is 0. The van der Waals surface area contributed by atoms with Crippen LogP contribution in [0.25, 0.3) is 0 Å². The Morgan fingerprint density at radius 2 is 1.71 bits per heavy atom. The minimum atomic E-state index is 0.190. The number of benzene rings is 1. The van der Waals surface area contributed by atoms with E-state index in [0.29, 0.717) is 0 Å². The van der Waals surface area contributed by atoms with Gasteiger partial charge in [0.2, 0.25) is 0 Å². The number of hydrogen-bond acceptors (Lipinski definition) is 2. The van der Waals surface area contributed by atoms with Gasteiger partial charge < -0.3 is 9.47 Å². The average molecular weight is 236 g/mol. The standard InChI is InChI=1S/C15H24O2/c1-12(10-11-16-5)17-14-8-6-13(7-9-14)15(2,3)4/h6-9,12H,10-11H2,1-5H3. The maximum atomic E-state index is 5.80. The molecule has 0 saturated heterocycles. The molecule has 0 spiro atoms. The van der Waals surface area contributed by atoms with Crippen molar-refractivity contribution in [3.05, 3.63) is 29.8 Å². The molecule has 2 heteroatoms. The predicted molar refractivity (Wildman–Crippen MR) is 71.7 cm³/mol. The molecule has 0 aliphatic carbocycles. The smallest absolute Gasteiger partial charge is 0.119 e. The lowest BCUT2D eigenvalue weighted by Gasteiger charge is -2.20. The first kappa shape index (κ1) is 14.0. The van der Waals surface area contributed by atoms with Gasteiger partial charge in [-0.25, -0.2) is 0 Å². The quantitative estimate of drug-likeness (QED) is 0.774. The van der Waals surface area contributed by atoms with Crippen LogP contribution in [0.4, 0.5) is 0 Å². The zero-order valence-electron chi connectivity index (χ0n) is 11.6. The maximum absolute atomic E-state index is 5.80. The van der Waals surface area contributed by atoms with E-state index < -0.39 is 0 Å². The molecule has 0 aliphatic rings. The molecule has 0 N–H and O–H groups in total. The minimum Gasteiger partial charge on any atom is -0.491 e. The van der Waals surface area contributed by atoms with E-state index in [-0.39, 0.29) is 11.5 Å². The van der Waals surface area contributed by atoms with E-state index in [0.717, 1.165) is 18.8 Å². The van der Waals surface area contributed by atoms with Gasteiger partial charge in [0, 0.05) is 20.1 Å². The van der Waals surface area contributed by atoms with Gasteiger partial charge in [0.1, 0.15) is 5.75 Å². The summed E-state index contributed by atoms with van der Waals surface area (Å²) < 4.78 is 10.8. The van der Waals surface area contributed by atoms with Crippen LogP contribution in [0, 0.1) is 0 Å². The summed E-state index contributed by atoms with van der Waals surface area (Å²) in [5.74, 6) is 0.932. The number of ether oxygens (including phenoxy) is 2. The van der Waals surface area contributed by atoms with Gasteiger partial charge in [-0.05, 0) is 30.0 Å². The molecular weight excluding hydrogens is 212 g/mol. The lowest BCUT2D eigenvalue weighted by atomic mass is 9.87. The molecule has 0 amide bonds. The minimum absolute atomic E-state index is 0.190. The van der Waals surface area contributed by atoms with Crippen LogP contribution in [0.3, 0.4) is 0 Å². The molecular formula is C15H24O2. The Bertz CT molecular complexity index is 322. The van der Waals surface area contributed by atoms with Gasteiger partial charge in [-0.1, -0.05) is 32.9 Å². The van der Waals surface area contributed by atoms with Crippen LogP contribution < -0.4 is 4.74 Å². The van der Waals surface area contributed by atoms with Crippen LogP contribution in [0.1, 0.15) is 39.7 Å². The van der Waals surface area contributed by atoms with Crippen molar-refractivity contribution in [2.24, 2.45) is 0 Å². The van der Waals surface area contributed by atoms with Gasteiger partial charge >= 0.3 is 0 Å². The van der Waals surface area contributed by atoms with Crippen LogP contribution in [0.5, 0.6) is 5.75 Å². The molecule has 17 heavy (non-hydrogen) atoms. The molecule has 0 aliphatic heterocycles. The largest absolute Gasteiger partial charge is 0.491 e. The summed E-state index contributed by atoms with van der Waals surface area (Å²) >= 11 is 0. The zero-order valence-corrected chi connectivity index (χ0v) is 11.6. The lowest BCUT2D eigenvalue weighted by molar-refractivity contribution is 0.135. The topological polar surface area (TPSA) is 18.5 Å². The Kier molecular flexibility index (Phi) is 5.01. The predicted octanol–water partition coefficient (Wildman–Crippen LogP) is 3.79. The first-order chi connectivity index (χ1) is 7.93. The second kappa shape index (κ2) is 6.06.